The molecule has 2 N–H and O–H groups in total. The van der Waals surface area contributed by atoms with E-state index in [1.54, 1.807) is 13.2 Å². The number of methoxy groups -OCH3 is 1. The number of halogens is 2. The summed E-state index contributed by atoms with van der Waals surface area (Å²) in [6.45, 7) is 0.706. The van der Waals surface area contributed by atoms with Gasteiger partial charge in [-0.2, -0.15) is 0 Å². The Morgan fingerprint density at radius 1 is 1.43 bits per heavy atom. The van der Waals surface area contributed by atoms with E-state index < -0.39 is 5.82 Å². The van der Waals surface area contributed by atoms with Crippen molar-refractivity contribution in [2.45, 2.75) is 37.6 Å². The second-order valence-electron chi connectivity index (χ2n) is 5.44. The summed E-state index contributed by atoms with van der Waals surface area (Å²) in [5.74, 6) is -0.437. The second-order valence-corrected chi connectivity index (χ2v) is 6.25. The van der Waals surface area contributed by atoms with Crippen molar-refractivity contribution in [3.63, 3.8) is 0 Å². The average Bonchev–Trinajstić information content (AvgIpc) is 2.89. The fourth-order valence-corrected chi connectivity index (χ4v) is 3.28. The fraction of sp³-hybridized carbons (Fsp3) is 0.533. The zero-order valence-electron chi connectivity index (χ0n) is 12.0. The van der Waals surface area contributed by atoms with Gasteiger partial charge in [0, 0.05) is 24.9 Å². The summed E-state index contributed by atoms with van der Waals surface area (Å²) >= 11 is 11.1. The SMILES string of the molecule is COCCC1(NC(=S)Nc2ccc(F)c(Cl)c2)CCCC1. The molecular weight excluding hydrogens is 311 g/mol. The number of hydrogen-bond donors (Lipinski definition) is 2. The van der Waals surface area contributed by atoms with Crippen LogP contribution in [-0.2, 0) is 4.74 Å². The molecule has 0 saturated heterocycles. The van der Waals surface area contributed by atoms with Gasteiger partial charge in [0.2, 0.25) is 0 Å². The highest BCUT2D eigenvalue weighted by molar-refractivity contribution is 7.80. The first-order valence-corrected chi connectivity index (χ1v) is 7.86. The highest BCUT2D eigenvalue weighted by Crippen LogP contribution is 2.32. The third-order valence-corrected chi connectivity index (χ3v) is 4.40. The first-order valence-electron chi connectivity index (χ1n) is 7.08. The standard InChI is InChI=1S/C15H20ClFN2OS/c1-20-9-8-15(6-2-3-7-15)19-14(21)18-11-4-5-13(17)12(16)10-11/h4-5,10H,2-3,6-9H2,1H3,(H2,18,19,21). The zero-order chi connectivity index (χ0) is 15.3. The van der Waals surface area contributed by atoms with Crippen LogP contribution < -0.4 is 10.6 Å². The van der Waals surface area contributed by atoms with Crippen LogP contribution in [0.25, 0.3) is 0 Å². The molecular formula is C15H20ClFN2OS. The average molecular weight is 331 g/mol. The lowest BCUT2D eigenvalue weighted by molar-refractivity contribution is 0.163. The molecule has 1 fully saturated rings. The van der Waals surface area contributed by atoms with E-state index in [0.717, 1.165) is 19.3 Å². The van der Waals surface area contributed by atoms with Crippen molar-refractivity contribution in [1.82, 2.24) is 5.32 Å². The van der Waals surface area contributed by atoms with E-state index in [1.165, 1.54) is 25.0 Å². The Morgan fingerprint density at radius 2 is 2.14 bits per heavy atom. The summed E-state index contributed by atoms with van der Waals surface area (Å²) in [5, 5.41) is 7.10. The van der Waals surface area contributed by atoms with E-state index in [-0.39, 0.29) is 10.6 Å². The molecule has 2 rings (SSSR count). The predicted octanol–water partition coefficient (Wildman–Crippen LogP) is 4.11. The van der Waals surface area contributed by atoms with Crippen molar-refractivity contribution < 1.29 is 9.13 Å². The molecule has 0 atom stereocenters. The quantitative estimate of drug-likeness (QED) is 0.796. The molecule has 1 aromatic rings. The van der Waals surface area contributed by atoms with Crippen molar-refractivity contribution in [2.24, 2.45) is 0 Å². The second kappa shape index (κ2) is 7.38. The van der Waals surface area contributed by atoms with E-state index in [1.807, 2.05) is 0 Å². The molecule has 21 heavy (non-hydrogen) atoms. The molecule has 3 nitrogen and oxygen atoms in total. The number of rotatable bonds is 5. The molecule has 0 bridgehead atoms. The lowest BCUT2D eigenvalue weighted by atomic mass is 9.94. The Kier molecular flexibility index (Phi) is 5.79. The smallest absolute Gasteiger partial charge is 0.171 e. The van der Waals surface area contributed by atoms with Crippen LogP contribution in [0.4, 0.5) is 10.1 Å². The predicted molar refractivity (Wildman–Crippen MR) is 88.5 cm³/mol. The van der Waals surface area contributed by atoms with E-state index in [4.69, 9.17) is 28.6 Å². The summed E-state index contributed by atoms with van der Waals surface area (Å²) in [7, 11) is 1.71. The fourth-order valence-electron chi connectivity index (χ4n) is 2.76. The molecule has 6 heteroatoms. The zero-order valence-corrected chi connectivity index (χ0v) is 13.6. The van der Waals surface area contributed by atoms with Crippen LogP contribution in [0, 0.1) is 5.82 Å². The normalized spacial score (nSPS) is 16.7. The van der Waals surface area contributed by atoms with E-state index in [0.29, 0.717) is 17.4 Å². The van der Waals surface area contributed by atoms with E-state index >= 15 is 0 Å². The van der Waals surface area contributed by atoms with Crippen LogP contribution in [0.3, 0.4) is 0 Å². The van der Waals surface area contributed by atoms with Gasteiger partial charge < -0.3 is 15.4 Å². The number of benzene rings is 1. The largest absolute Gasteiger partial charge is 0.385 e. The first-order chi connectivity index (χ1) is 10.0. The Balaban J connectivity index is 1.97. The Morgan fingerprint density at radius 3 is 2.76 bits per heavy atom. The van der Waals surface area contributed by atoms with Gasteiger partial charge in [0.15, 0.2) is 5.11 Å². The minimum Gasteiger partial charge on any atom is -0.385 e. The molecule has 1 aliphatic carbocycles. The topological polar surface area (TPSA) is 33.3 Å². The molecule has 0 radical (unpaired) electrons. The molecule has 0 amide bonds. The van der Waals surface area contributed by atoms with Crippen LogP contribution in [0.2, 0.25) is 5.02 Å². The van der Waals surface area contributed by atoms with Gasteiger partial charge in [-0.05, 0) is 49.7 Å². The summed E-state index contributed by atoms with van der Waals surface area (Å²) < 4.78 is 18.3. The minimum atomic E-state index is -0.437. The Labute approximate surface area is 135 Å². The molecule has 0 aliphatic heterocycles. The van der Waals surface area contributed by atoms with Crippen LogP contribution in [0.1, 0.15) is 32.1 Å². The Hall–Kier alpha value is -0.910. The van der Waals surface area contributed by atoms with Gasteiger partial charge in [-0.3, -0.25) is 0 Å². The maximum atomic E-state index is 13.1. The van der Waals surface area contributed by atoms with Crippen molar-refractivity contribution in [1.29, 1.82) is 0 Å². The first kappa shape index (κ1) is 16.5. The molecule has 1 aromatic carbocycles. The molecule has 0 heterocycles. The van der Waals surface area contributed by atoms with Gasteiger partial charge in [-0.1, -0.05) is 24.4 Å². The molecule has 0 spiro atoms. The third-order valence-electron chi connectivity index (χ3n) is 3.90. The number of hydrogen-bond acceptors (Lipinski definition) is 2. The van der Waals surface area contributed by atoms with Crippen LogP contribution in [0.15, 0.2) is 18.2 Å². The highest BCUT2D eigenvalue weighted by atomic mass is 35.5. The molecule has 0 unspecified atom stereocenters. The van der Waals surface area contributed by atoms with Gasteiger partial charge in [0.05, 0.1) is 5.02 Å². The number of nitrogens with one attached hydrogen (secondary N) is 2. The van der Waals surface area contributed by atoms with E-state index in [2.05, 4.69) is 10.6 Å². The number of anilines is 1. The molecule has 1 aliphatic rings. The summed E-state index contributed by atoms with van der Waals surface area (Å²) in [6, 6.07) is 4.47. The van der Waals surface area contributed by atoms with Gasteiger partial charge in [-0.25, -0.2) is 4.39 Å². The van der Waals surface area contributed by atoms with Crippen molar-refractivity contribution in [2.75, 3.05) is 19.0 Å². The van der Waals surface area contributed by atoms with Crippen molar-refractivity contribution in [3.05, 3.63) is 29.0 Å². The summed E-state index contributed by atoms with van der Waals surface area (Å²) in [5.41, 5.74) is 0.683. The maximum Gasteiger partial charge on any atom is 0.171 e. The highest BCUT2D eigenvalue weighted by Gasteiger charge is 2.33. The molecule has 116 valence electrons. The van der Waals surface area contributed by atoms with E-state index in [9.17, 15) is 4.39 Å². The third kappa shape index (κ3) is 4.53. The van der Waals surface area contributed by atoms with Crippen molar-refractivity contribution >= 4 is 34.6 Å². The van der Waals surface area contributed by atoms with Crippen molar-refractivity contribution in [3.8, 4) is 0 Å². The lowest BCUT2D eigenvalue weighted by Crippen LogP contribution is -2.48. The van der Waals surface area contributed by atoms with Crippen LogP contribution in [-0.4, -0.2) is 24.4 Å². The molecule has 1 saturated carbocycles. The van der Waals surface area contributed by atoms with Gasteiger partial charge in [-0.15, -0.1) is 0 Å². The van der Waals surface area contributed by atoms with Crippen LogP contribution in [0.5, 0.6) is 0 Å². The minimum absolute atomic E-state index is 0.00389. The van der Waals surface area contributed by atoms with Gasteiger partial charge in [0.25, 0.3) is 0 Å². The van der Waals surface area contributed by atoms with Gasteiger partial charge in [0.1, 0.15) is 5.82 Å². The van der Waals surface area contributed by atoms with Gasteiger partial charge >= 0.3 is 0 Å². The monoisotopic (exact) mass is 330 g/mol. The summed E-state index contributed by atoms with van der Waals surface area (Å²) in [6.07, 6.45) is 5.49. The number of thiocarbonyl (C=S) groups is 1. The maximum absolute atomic E-state index is 13.1. The lowest BCUT2D eigenvalue weighted by Gasteiger charge is -2.31. The molecule has 0 aromatic heterocycles. The number of ether oxygens (including phenoxy) is 1. The summed E-state index contributed by atoms with van der Waals surface area (Å²) in [4.78, 5) is 0. The Bertz CT molecular complexity index is 506. The van der Waals surface area contributed by atoms with Crippen LogP contribution >= 0.6 is 23.8 Å².